The highest BCUT2D eigenvalue weighted by molar-refractivity contribution is 6.35. The van der Waals surface area contributed by atoms with E-state index in [9.17, 15) is 0 Å². The van der Waals surface area contributed by atoms with Gasteiger partial charge < -0.3 is 9.47 Å². The Labute approximate surface area is 167 Å². The number of halogens is 2. The van der Waals surface area contributed by atoms with Gasteiger partial charge in [0.1, 0.15) is 11.5 Å². The highest BCUT2D eigenvalue weighted by Crippen LogP contribution is 2.45. The molecule has 2 nitrogen and oxygen atoms in total. The first-order chi connectivity index (χ1) is 13.2. The van der Waals surface area contributed by atoms with Gasteiger partial charge in [-0.25, -0.2) is 0 Å². The molecule has 4 rings (SSSR count). The Kier molecular flexibility index (Phi) is 4.93. The Hall–Kier alpha value is -2.68. The maximum atomic E-state index is 6.08. The van der Waals surface area contributed by atoms with E-state index in [1.54, 1.807) is 7.11 Å². The zero-order valence-corrected chi connectivity index (χ0v) is 16.1. The molecule has 0 unspecified atom stereocenters. The summed E-state index contributed by atoms with van der Waals surface area (Å²) in [7, 11) is 1.67. The topological polar surface area (TPSA) is 18.5 Å². The van der Waals surface area contributed by atoms with Crippen molar-refractivity contribution < 1.29 is 9.47 Å². The van der Waals surface area contributed by atoms with Crippen LogP contribution in [0.4, 0.5) is 0 Å². The molecule has 0 saturated heterocycles. The molecule has 0 heterocycles. The summed E-state index contributed by atoms with van der Waals surface area (Å²) in [6.45, 7) is 0. The van der Waals surface area contributed by atoms with E-state index < -0.39 is 0 Å². The van der Waals surface area contributed by atoms with Gasteiger partial charge in [-0.1, -0.05) is 72.3 Å². The molecule has 0 aromatic heterocycles. The first kappa shape index (κ1) is 17.7. The molecule has 0 aliphatic rings. The van der Waals surface area contributed by atoms with Crippen molar-refractivity contribution in [2.75, 3.05) is 7.11 Å². The lowest BCUT2D eigenvalue weighted by Crippen LogP contribution is -1.96. The van der Waals surface area contributed by atoms with Crippen LogP contribution < -0.4 is 9.47 Å². The fourth-order valence-electron chi connectivity index (χ4n) is 3.40. The van der Waals surface area contributed by atoms with Crippen LogP contribution in [0.1, 0.15) is 0 Å². The molecule has 134 valence electrons. The third-order valence-electron chi connectivity index (χ3n) is 4.54. The lowest BCUT2D eigenvalue weighted by atomic mass is 9.92. The van der Waals surface area contributed by atoms with Crippen molar-refractivity contribution in [2.24, 2.45) is 0 Å². The monoisotopic (exact) mass is 394 g/mol. The maximum Gasteiger partial charge on any atom is 0.205 e. The van der Waals surface area contributed by atoms with Crippen molar-refractivity contribution in [3.63, 3.8) is 0 Å². The van der Waals surface area contributed by atoms with Crippen LogP contribution in [0.2, 0.25) is 0 Å². The zero-order chi connectivity index (χ0) is 18.8. The highest BCUT2D eigenvalue weighted by Gasteiger charge is 2.19. The largest absolute Gasteiger partial charge is 0.496 e. The molecule has 4 heteroatoms. The van der Waals surface area contributed by atoms with E-state index in [1.807, 2.05) is 42.5 Å². The van der Waals surface area contributed by atoms with Gasteiger partial charge in [0, 0.05) is 11.1 Å². The van der Waals surface area contributed by atoms with Crippen LogP contribution in [0.25, 0.3) is 32.7 Å². The number of fused-ring (bicyclic) bond motifs is 2. The van der Waals surface area contributed by atoms with Crippen LogP contribution >= 0.6 is 23.2 Å². The van der Waals surface area contributed by atoms with Crippen molar-refractivity contribution >= 4 is 44.7 Å². The van der Waals surface area contributed by atoms with Gasteiger partial charge in [-0.3, -0.25) is 0 Å². The highest BCUT2D eigenvalue weighted by atomic mass is 35.5. The molecule has 0 spiro atoms. The van der Waals surface area contributed by atoms with E-state index in [-0.39, 0.29) is 5.22 Å². The number of hydrogen-bond donors (Lipinski definition) is 0. The molecule has 0 fully saturated rings. The molecule has 0 bridgehead atoms. The number of benzene rings is 4. The summed E-state index contributed by atoms with van der Waals surface area (Å²) in [5, 5.41) is 4.44. The van der Waals surface area contributed by atoms with Gasteiger partial charge in [-0.2, -0.15) is 0 Å². The van der Waals surface area contributed by atoms with Crippen LogP contribution in [0.3, 0.4) is 0 Å². The molecule has 4 aromatic carbocycles. The standard InChI is InChI=1S/C23H16Cl2O2/c1-26-19-12-10-15-6-2-4-8-17(15)22(19)23-18-9-5-3-7-16(18)11-13-20(23)27-21(25)14-24/h2-14H,1H3/b21-14-. The van der Waals surface area contributed by atoms with Crippen LogP contribution in [0.15, 0.2) is 83.5 Å². The van der Waals surface area contributed by atoms with E-state index in [0.29, 0.717) is 5.75 Å². The van der Waals surface area contributed by atoms with Crippen LogP contribution in [0, 0.1) is 0 Å². The molecule has 0 N–H and O–H groups in total. The third kappa shape index (κ3) is 3.23. The van der Waals surface area contributed by atoms with Gasteiger partial charge in [0.15, 0.2) is 0 Å². The summed E-state index contributed by atoms with van der Waals surface area (Å²) < 4.78 is 11.6. The van der Waals surface area contributed by atoms with Gasteiger partial charge in [0.2, 0.25) is 5.22 Å². The SMILES string of the molecule is COc1ccc2ccccc2c1-c1c(O/C(Cl)=C\Cl)ccc2ccccc12. The van der Waals surface area contributed by atoms with Crippen molar-refractivity contribution in [1.29, 1.82) is 0 Å². The van der Waals surface area contributed by atoms with Crippen molar-refractivity contribution in [3.05, 3.63) is 83.5 Å². The predicted octanol–water partition coefficient (Wildman–Crippen LogP) is 7.32. The fraction of sp³-hybridized carbons (Fsp3) is 0.0435. The third-order valence-corrected chi connectivity index (χ3v) is 5.04. The van der Waals surface area contributed by atoms with Gasteiger partial charge >= 0.3 is 0 Å². The lowest BCUT2D eigenvalue weighted by molar-refractivity contribution is 0.416. The Bertz CT molecular complexity index is 1170. The van der Waals surface area contributed by atoms with Crippen LogP contribution in [-0.4, -0.2) is 7.11 Å². The average molecular weight is 395 g/mol. The normalized spacial score (nSPS) is 11.7. The second kappa shape index (κ2) is 7.51. The van der Waals surface area contributed by atoms with Crippen LogP contribution in [0.5, 0.6) is 11.5 Å². The number of ether oxygens (including phenoxy) is 2. The zero-order valence-electron chi connectivity index (χ0n) is 14.6. The molecule has 0 amide bonds. The summed E-state index contributed by atoms with van der Waals surface area (Å²) >= 11 is 11.8. The van der Waals surface area contributed by atoms with E-state index in [2.05, 4.69) is 30.3 Å². The first-order valence-corrected chi connectivity index (χ1v) is 9.26. The molecular weight excluding hydrogens is 379 g/mol. The van der Waals surface area contributed by atoms with Crippen molar-refractivity contribution in [2.45, 2.75) is 0 Å². The van der Waals surface area contributed by atoms with Gasteiger partial charge in [0.25, 0.3) is 0 Å². The van der Waals surface area contributed by atoms with Gasteiger partial charge in [-0.15, -0.1) is 0 Å². The summed E-state index contributed by atoms with van der Waals surface area (Å²) in [4.78, 5) is 0. The average Bonchev–Trinajstić information content (AvgIpc) is 2.73. The fourth-order valence-corrected chi connectivity index (χ4v) is 3.53. The predicted molar refractivity (Wildman–Crippen MR) is 114 cm³/mol. The number of hydrogen-bond acceptors (Lipinski definition) is 2. The van der Waals surface area contributed by atoms with Crippen LogP contribution in [-0.2, 0) is 0 Å². The van der Waals surface area contributed by atoms with Crippen molar-refractivity contribution in [1.82, 2.24) is 0 Å². The molecule has 0 aliphatic carbocycles. The minimum absolute atomic E-state index is 0.104. The summed E-state index contributed by atoms with van der Waals surface area (Å²) in [5.41, 5.74) is 3.08. The Balaban J connectivity index is 2.15. The molecule has 0 atom stereocenters. The molecule has 4 aromatic rings. The van der Waals surface area contributed by atoms with E-state index in [4.69, 9.17) is 32.7 Å². The Morgan fingerprint density at radius 3 is 1.81 bits per heavy atom. The van der Waals surface area contributed by atoms with Crippen molar-refractivity contribution in [3.8, 4) is 22.6 Å². The summed E-state index contributed by atoms with van der Waals surface area (Å²) in [5.74, 6) is 1.38. The number of methoxy groups -OCH3 is 1. The minimum Gasteiger partial charge on any atom is -0.496 e. The second-order valence-corrected chi connectivity index (χ2v) is 6.63. The van der Waals surface area contributed by atoms with E-state index in [1.165, 1.54) is 5.54 Å². The maximum absolute atomic E-state index is 6.08. The number of rotatable bonds is 4. The quantitative estimate of drug-likeness (QED) is 0.337. The van der Waals surface area contributed by atoms with E-state index >= 15 is 0 Å². The summed E-state index contributed by atoms with van der Waals surface area (Å²) in [6, 6.07) is 24.3. The Morgan fingerprint density at radius 1 is 0.741 bits per heavy atom. The smallest absolute Gasteiger partial charge is 0.205 e. The molecule has 0 saturated carbocycles. The summed E-state index contributed by atoms with van der Waals surface area (Å²) in [6.07, 6.45) is 0. The minimum atomic E-state index is 0.104. The van der Waals surface area contributed by atoms with E-state index in [0.717, 1.165) is 38.4 Å². The lowest BCUT2D eigenvalue weighted by Gasteiger charge is -2.18. The molecule has 0 aliphatic heterocycles. The van der Waals surface area contributed by atoms with Gasteiger partial charge in [0.05, 0.1) is 12.6 Å². The molecule has 0 radical (unpaired) electrons. The molecular formula is C23H16Cl2O2. The Morgan fingerprint density at radius 2 is 1.26 bits per heavy atom. The first-order valence-electron chi connectivity index (χ1n) is 8.44. The second-order valence-electron chi connectivity index (χ2n) is 6.04. The van der Waals surface area contributed by atoms with Gasteiger partial charge in [-0.05, 0) is 45.3 Å². The molecule has 27 heavy (non-hydrogen) atoms.